The Bertz CT molecular complexity index is 1310. The van der Waals surface area contributed by atoms with Crippen LogP contribution in [0.5, 0.6) is 0 Å². The Balaban J connectivity index is 1.72. The van der Waals surface area contributed by atoms with Gasteiger partial charge in [0.15, 0.2) is 23.1 Å². The number of Topliss-reactive ketones (excluding diaryl/α,β-unsaturated/α-hetero) is 4. The Morgan fingerprint density at radius 1 is 0.889 bits per heavy atom. The van der Waals surface area contributed by atoms with Crippen LogP contribution in [0.3, 0.4) is 0 Å². The zero-order chi connectivity index (χ0) is 26.2. The molecule has 0 spiro atoms. The van der Waals surface area contributed by atoms with Crippen molar-refractivity contribution in [2.45, 2.75) is 56.9 Å². The molecule has 10 heteroatoms. The first-order valence-corrected chi connectivity index (χ1v) is 11.8. The summed E-state index contributed by atoms with van der Waals surface area (Å²) in [5.41, 5.74) is 1.47. The van der Waals surface area contributed by atoms with Gasteiger partial charge < -0.3 is 14.6 Å². The van der Waals surface area contributed by atoms with Gasteiger partial charge in [-0.3, -0.25) is 29.0 Å². The molecule has 2 bridgehead atoms. The van der Waals surface area contributed by atoms with Crippen LogP contribution in [-0.4, -0.2) is 96.1 Å². The smallest absolute Gasteiger partial charge is 0.226 e. The van der Waals surface area contributed by atoms with Gasteiger partial charge in [-0.2, -0.15) is 5.26 Å². The van der Waals surface area contributed by atoms with E-state index in [9.17, 15) is 29.5 Å². The number of ketones is 4. The number of piperazine rings is 1. The van der Waals surface area contributed by atoms with Crippen LogP contribution in [0.4, 0.5) is 0 Å². The molecule has 1 N–H and O–H groups in total. The Hall–Kier alpha value is -3.39. The average Bonchev–Trinajstić information content (AvgIpc) is 2.86. The molecule has 0 aromatic rings. The number of aliphatic hydroxyl groups is 1. The highest BCUT2D eigenvalue weighted by molar-refractivity contribution is 6.26. The molecule has 0 saturated carbocycles. The van der Waals surface area contributed by atoms with E-state index in [1.165, 1.54) is 21.1 Å². The number of nitriles is 1. The third-order valence-electron chi connectivity index (χ3n) is 8.39. The van der Waals surface area contributed by atoms with Gasteiger partial charge in [-0.15, -0.1) is 0 Å². The van der Waals surface area contributed by atoms with Crippen LogP contribution >= 0.6 is 0 Å². The van der Waals surface area contributed by atoms with E-state index in [0.29, 0.717) is 11.1 Å². The van der Waals surface area contributed by atoms with Crippen molar-refractivity contribution in [3.63, 3.8) is 0 Å². The molecule has 36 heavy (non-hydrogen) atoms. The summed E-state index contributed by atoms with van der Waals surface area (Å²) in [6.07, 6.45) is 0.246. The molecule has 0 aromatic heterocycles. The normalized spacial score (nSPS) is 33.0. The van der Waals surface area contributed by atoms with E-state index in [2.05, 4.69) is 6.07 Å². The van der Waals surface area contributed by atoms with Crippen molar-refractivity contribution in [2.24, 2.45) is 0 Å². The number of carbonyl (C=O) groups is 4. The van der Waals surface area contributed by atoms with Gasteiger partial charge in [0, 0.05) is 45.5 Å². The lowest BCUT2D eigenvalue weighted by Gasteiger charge is -2.60. The Morgan fingerprint density at radius 3 is 1.89 bits per heavy atom. The fourth-order valence-electron chi connectivity index (χ4n) is 6.79. The molecule has 1 fully saturated rings. The van der Waals surface area contributed by atoms with Gasteiger partial charge in [0.25, 0.3) is 0 Å². The zero-order valence-corrected chi connectivity index (χ0v) is 20.7. The van der Waals surface area contributed by atoms with Crippen molar-refractivity contribution < 1.29 is 33.8 Å². The maximum Gasteiger partial charge on any atom is 0.226 e. The number of aliphatic hydroxyl groups excluding tert-OH is 1. The summed E-state index contributed by atoms with van der Waals surface area (Å²) in [7, 11) is 4.46. The molecule has 10 nitrogen and oxygen atoms in total. The molecule has 0 radical (unpaired) electrons. The summed E-state index contributed by atoms with van der Waals surface area (Å²) < 4.78 is 10.5. The number of ether oxygens (including phenoxy) is 2. The van der Waals surface area contributed by atoms with Gasteiger partial charge >= 0.3 is 0 Å². The minimum Gasteiger partial charge on any atom is -0.492 e. The average molecular weight is 494 g/mol. The highest BCUT2D eigenvalue weighted by Crippen LogP contribution is 2.48. The predicted molar refractivity (Wildman–Crippen MR) is 124 cm³/mol. The molecule has 5 rings (SSSR count). The molecule has 3 aliphatic heterocycles. The molecule has 0 amide bonds. The Labute approximate surface area is 208 Å². The van der Waals surface area contributed by atoms with Gasteiger partial charge in [0.05, 0.1) is 39.0 Å². The van der Waals surface area contributed by atoms with Crippen molar-refractivity contribution in [1.29, 1.82) is 5.26 Å². The number of fused-ring (bicyclic) bond motifs is 5. The SMILES string of the molecule is COC1=C(C)C(=O)C2=C(C1=O)[C@@H]1[C@@H]3CC4=C(C(=O)C(OC)=C(C)C4=O)[C@H](CO)N3[C@@H](C#N)[C@@H](C2)N1C. The summed E-state index contributed by atoms with van der Waals surface area (Å²) in [6.45, 7) is 2.57. The predicted octanol–water partition coefficient (Wildman–Crippen LogP) is 0.138. The maximum absolute atomic E-state index is 13.6. The van der Waals surface area contributed by atoms with E-state index in [1.807, 2.05) is 4.90 Å². The van der Waals surface area contributed by atoms with Gasteiger partial charge in [-0.05, 0) is 33.7 Å². The van der Waals surface area contributed by atoms with Crippen molar-refractivity contribution in [3.8, 4) is 6.07 Å². The first-order valence-electron chi connectivity index (χ1n) is 11.8. The van der Waals surface area contributed by atoms with Crippen LogP contribution in [0.15, 0.2) is 45.0 Å². The van der Waals surface area contributed by atoms with Crippen LogP contribution < -0.4 is 0 Å². The monoisotopic (exact) mass is 493 g/mol. The lowest BCUT2D eigenvalue weighted by atomic mass is 9.67. The summed E-state index contributed by atoms with van der Waals surface area (Å²) >= 11 is 0. The number of hydrogen-bond donors (Lipinski definition) is 1. The molecule has 5 atom stereocenters. The summed E-state index contributed by atoms with van der Waals surface area (Å²) in [4.78, 5) is 57.3. The highest BCUT2D eigenvalue weighted by Gasteiger charge is 2.59. The van der Waals surface area contributed by atoms with E-state index in [4.69, 9.17) is 9.47 Å². The van der Waals surface area contributed by atoms with E-state index in [-0.39, 0.29) is 64.0 Å². The second-order valence-corrected chi connectivity index (χ2v) is 9.79. The van der Waals surface area contributed by atoms with E-state index >= 15 is 0 Å². The highest BCUT2D eigenvalue weighted by atomic mass is 16.5. The van der Waals surface area contributed by atoms with Crippen LogP contribution in [0.25, 0.3) is 0 Å². The second kappa shape index (κ2) is 8.34. The van der Waals surface area contributed by atoms with E-state index in [1.54, 1.807) is 18.9 Å². The molecule has 1 saturated heterocycles. The number of allylic oxidation sites excluding steroid dienone is 4. The molecule has 0 unspecified atom stereocenters. The standard InChI is InChI=1S/C26H27N3O7/c1-10-21(31)12-7-15-20-19-13(22(32)11(2)26(36-5)24(19)34)6-14(28(20)3)16(8-27)29(15)17(9-30)18(12)23(33)25(10)35-4/h14-17,20,30H,6-7,9H2,1-5H3/t14-,15+,16+,17+,20+/m1/s1. The minimum absolute atomic E-state index is 0.0126. The number of hydrogen-bond acceptors (Lipinski definition) is 10. The first kappa shape index (κ1) is 24.3. The maximum atomic E-state index is 13.6. The summed E-state index contributed by atoms with van der Waals surface area (Å²) in [5, 5.41) is 20.8. The number of nitrogens with zero attached hydrogens (tertiary/aromatic N) is 3. The lowest BCUT2D eigenvalue weighted by molar-refractivity contribution is -0.126. The van der Waals surface area contributed by atoms with Gasteiger partial charge in [0.2, 0.25) is 11.6 Å². The van der Waals surface area contributed by atoms with Gasteiger partial charge in [-0.1, -0.05) is 0 Å². The number of rotatable bonds is 3. The van der Waals surface area contributed by atoms with Crippen LogP contribution in [0.2, 0.25) is 0 Å². The van der Waals surface area contributed by atoms with E-state index in [0.717, 1.165) is 0 Å². The van der Waals surface area contributed by atoms with Gasteiger partial charge in [-0.25, -0.2) is 0 Å². The van der Waals surface area contributed by atoms with Crippen LogP contribution in [0, 0.1) is 11.3 Å². The van der Waals surface area contributed by atoms with Gasteiger partial charge in [0.1, 0.15) is 6.04 Å². The molecule has 5 aliphatic rings. The van der Waals surface area contributed by atoms with Crippen molar-refractivity contribution in [2.75, 3.05) is 27.9 Å². The van der Waals surface area contributed by atoms with Crippen LogP contribution in [-0.2, 0) is 28.7 Å². The molecule has 3 heterocycles. The summed E-state index contributed by atoms with van der Waals surface area (Å²) in [6, 6.07) is -1.14. The first-order chi connectivity index (χ1) is 17.1. The van der Waals surface area contributed by atoms with Crippen molar-refractivity contribution in [3.05, 3.63) is 45.0 Å². The third kappa shape index (κ3) is 2.88. The topological polar surface area (TPSA) is 137 Å². The van der Waals surface area contributed by atoms with E-state index < -0.39 is 42.6 Å². The fourth-order valence-corrected chi connectivity index (χ4v) is 6.79. The molecule has 2 aliphatic carbocycles. The van der Waals surface area contributed by atoms with Crippen molar-refractivity contribution in [1.82, 2.24) is 9.80 Å². The number of methoxy groups -OCH3 is 2. The quantitative estimate of drug-likeness (QED) is 0.540. The Morgan fingerprint density at radius 2 is 1.39 bits per heavy atom. The number of carbonyl (C=O) groups excluding carboxylic acids is 4. The Kier molecular flexibility index (Phi) is 5.63. The third-order valence-corrected chi connectivity index (χ3v) is 8.39. The summed E-state index contributed by atoms with van der Waals surface area (Å²) in [5.74, 6) is -1.59. The van der Waals surface area contributed by atoms with Crippen LogP contribution in [0.1, 0.15) is 26.7 Å². The largest absolute Gasteiger partial charge is 0.492 e. The minimum atomic E-state index is -0.937. The fraction of sp³-hybridized carbons (Fsp3) is 0.500. The number of likely N-dealkylation sites (N-methyl/N-ethyl adjacent to an activating group) is 1. The molecule has 188 valence electrons. The second-order valence-electron chi connectivity index (χ2n) is 9.79. The zero-order valence-electron chi connectivity index (χ0n) is 20.7. The molecular weight excluding hydrogens is 466 g/mol. The van der Waals surface area contributed by atoms with Crippen molar-refractivity contribution >= 4 is 23.1 Å². The molecule has 0 aromatic carbocycles. The lowest BCUT2D eigenvalue weighted by Crippen LogP contribution is -2.74. The molecular formula is C26H27N3O7.